The number of nitrogens with one attached hydrogen (secondary N) is 3. The number of likely N-dealkylation sites (N-methyl/N-ethyl adjacent to an activating group) is 1. The van der Waals surface area contributed by atoms with Gasteiger partial charge in [-0.15, -0.1) is 11.8 Å². The van der Waals surface area contributed by atoms with Gasteiger partial charge >= 0.3 is 0 Å². The van der Waals surface area contributed by atoms with Gasteiger partial charge in [0, 0.05) is 16.6 Å². The molecule has 1 atom stereocenters. The van der Waals surface area contributed by atoms with Gasteiger partial charge in [-0.05, 0) is 30.5 Å². The Kier molecular flexibility index (Phi) is 7.11. The average Bonchev–Trinajstić information content (AvgIpc) is 2.58. The molecule has 0 aliphatic rings. The molecule has 1 unspecified atom stereocenters. The van der Waals surface area contributed by atoms with Crippen LogP contribution in [0.25, 0.3) is 0 Å². The van der Waals surface area contributed by atoms with E-state index >= 15 is 0 Å². The number of anilines is 2. The molecule has 5 nitrogen and oxygen atoms in total. The van der Waals surface area contributed by atoms with Gasteiger partial charge in [0.05, 0.1) is 12.7 Å². The SMILES string of the molecule is CSc1ccccc1NC(=O)C[NH+](C)CC(=O)Nc1ccc(F)c(F)c1. The highest BCUT2D eigenvalue weighted by atomic mass is 32.2. The van der Waals surface area contributed by atoms with E-state index in [-0.39, 0.29) is 24.7 Å². The third-order valence-electron chi connectivity index (χ3n) is 3.51. The lowest BCUT2D eigenvalue weighted by Gasteiger charge is -2.14. The molecule has 0 aliphatic carbocycles. The van der Waals surface area contributed by atoms with Crippen molar-refractivity contribution in [1.29, 1.82) is 0 Å². The summed E-state index contributed by atoms with van der Waals surface area (Å²) in [6.45, 7) is 0.102. The number of carbonyl (C=O) groups is 2. The molecule has 0 spiro atoms. The van der Waals surface area contributed by atoms with E-state index in [0.717, 1.165) is 22.7 Å². The Hall–Kier alpha value is -2.45. The Morgan fingerprint density at radius 2 is 1.65 bits per heavy atom. The van der Waals surface area contributed by atoms with E-state index in [1.165, 1.54) is 17.8 Å². The molecular formula is C18H20F2N3O2S+. The molecule has 0 heterocycles. The van der Waals surface area contributed by atoms with Crippen molar-refractivity contribution in [1.82, 2.24) is 0 Å². The molecule has 138 valence electrons. The zero-order valence-corrected chi connectivity index (χ0v) is 15.3. The zero-order chi connectivity index (χ0) is 19.1. The molecule has 0 saturated carbocycles. The minimum atomic E-state index is -1.03. The molecule has 3 N–H and O–H groups in total. The van der Waals surface area contributed by atoms with Crippen molar-refractivity contribution in [3.05, 3.63) is 54.1 Å². The van der Waals surface area contributed by atoms with Crippen LogP contribution in [0.5, 0.6) is 0 Å². The molecule has 2 aromatic carbocycles. The minimum Gasteiger partial charge on any atom is -0.322 e. The predicted molar refractivity (Wildman–Crippen MR) is 98.5 cm³/mol. The number of para-hydroxylation sites is 1. The number of hydrogen-bond acceptors (Lipinski definition) is 3. The Morgan fingerprint density at radius 1 is 1.00 bits per heavy atom. The molecular weight excluding hydrogens is 360 g/mol. The average molecular weight is 380 g/mol. The Morgan fingerprint density at radius 3 is 2.31 bits per heavy atom. The maximum Gasteiger partial charge on any atom is 0.279 e. The van der Waals surface area contributed by atoms with Crippen LogP contribution in [0.4, 0.5) is 20.2 Å². The van der Waals surface area contributed by atoms with Crippen LogP contribution >= 0.6 is 11.8 Å². The fourth-order valence-electron chi connectivity index (χ4n) is 2.33. The lowest BCUT2D eigenvalue weighted by atomic mass is 10.3. The molecule has 0 saturated heterocycles. The van der Waals surface area contributed by atoms with Gasteiger partial charge in [0.25, 0.3) is 11.8 Å². The van der Waals surface area contributed by atoms with Crippen LogP contribution in [0.15, 0.2) is 47.4 Å². The lowest BCUT2D eigenvalue weighted by Crippen LogP contribution is -3.11. The molecule has 0 bridgehead atoms. The van der Waals surface area contributed by atoms with Crippen molar-refractivity contribution in [3.8, 4) is 0 Å². The Balaban J connectivity index is 1.85. The van der Waals surface area contributed by atoms with Gasteiger partial charge in [-0.1, -0.05) is 12.1 Å². The van der Waals surface area contributed by atoms with E-state index in [2.05, 4.69) is 10.6 Å². The van der Waals surface area contributed by atoms with Crippen LogP contribution in [-0.4, -0.2) is 38.2 Å². The number of benzene rings is 2. The van der Waals surface area contributed by atoms with Crippen molar-refractivity contribution in [2.45, 2.75) is 4.90 Å². The number of hydrogen-bond donors (Lipinski definition) is 3. The van der Waals surface area contributed by atoms with Gasteiger partial charge in [0.1, 0.15) is 0 Å². The summed E-state index contributed by atoms with van der Waals surface area (Å²) in [5.41, 5.74) is 0.893. The smallest absolute Gasteiger partial charge is 0.279 e. The molecule has 8 heteroatoms. The summed E-state index contributed by atoms with van der Waals surface area (Å²) in [7, 11) is 1.70. The number of amides is 2. The van der Waals surface area contributed by atoms with Crippen LogP contribution in [0.1, 0.15) is 0 Å². The van der Waals surface area contributed by atoms with E-state index in [9.17, 15) is 18.4 Å². The Bertz CT molecular complexity index is 802. The first kappa shape index (κ1) is 19.9. The number of halogens is 2. The fourth-order valence-corrected chi connectivity index (χ4v) is 2.89. The van der Waals surface area contributed by atoms with Crippen LogP contribution in [0, 0.1) is 11.6 Å². The molecule has 0 radical (unpaired) electrons. The highest BCUT2D eigenvalue weighted by molar-refractivity contribution is 7.98. The number of carbonyl (C=O) groups excluding carboxylic acids is 2. The van der Waals surface area contributed by atoms with E-state index in [1.54, 1.807) is 7.05 Å². The maximum atomic E-state index is 13.1. The van der Waals surface area contributed by atoms with Crippen molar-refractivity contribution in [2.75, 3.05) is 37.0 Å². The topological polar surface area (TPSA) is 62.6 Å². The van der Waals surface area contributed by atoms with E-state index in [1.807, 2.05) is 30.5 Å². The second-order valence-corrected chi connectivity index (χ2v) is 6.58. The van der Waals surface area contributed by atoms with Crippen LogP contribution < -0.4 is 15.5 Å². The standard InChI is InChI=1S/C18H19F2N3O2S/c1-23(10-17(24)21-12-7-8-13(19)14(20)9-12)11-18(25)22-15-5-3-4-6-16(15)26-2/h3-9H,10-11H2,1-2H3,(H,21,24)(H,22,25)/p+1. The lowest BCUT2D eigenvalue weighted by molar-refractivity contribution is -0.862. The minimum absolute atomic E-state index is 0.0105. The summed E-state index contributed by atoms with van der Waals surface area (Å²) in [6, 6.07) is 10.6. The van der Waals surface area contributed by atoms with Gasteiger partial charge in [-0.25, -0.2) is 8.78 Å². The van der Waals surface area contributed by atoms with E-state index < -0.39 is 17.5 Å². The van der Waals surface area contributed by atoms with Gasteiger partial charge in [0.2, 0.25) is 0 Å². The number of quaternary nitrogens is 1. The summed E-state index contributed by atoms with van der Waals surface area (Å²) >= 11 is 1.53. The summed E-state index contributed by atoms with van der Waals surface area (Å²) in [6.07, 6.45) is 1.92. The van der Waals surface area contributed by atoms with Crippen molar-refractivity contribution < 1.29 is 23.3 Å². The molecule has 2 amide bonds. The van der Waals surface area contributed by atoms with Crippen LogP contribution in [-0.2, 0) is 9.59 Å². The number of rotatable bonds is 7. The first-order valence-electron chi connectivity index (χ1n) is 7.88. The highest BCUT2D eigenvalue weighted by Gasteiger charge is 2.16. The Labute approximate surface area is 154 Å². The van der Waals surface area contributed by atoms with Gasteiger partial charge in [-0.3, -0.25) is 9.59 Å². The predicted octanol–water partition coefficient (Wildman–Crippen LogP) is 1.78. The highest BCUT2D eigenvalue weighted by Crippen LogP contribution is 2.24. The molecule has 0 aliphatic heterocycles. The fraction of sp³-hybridized carbons (Fsp3) is 0.222. The normalized spacial score (nSPS) is 11.7. The van der Waals surface area contributed by atoms with Crippen molar-refractivity contribution in [2.24, 2.45) is 0 Å². The quantitative estimate of drug-likeness (QED) is 0.642. The molecule has 2 aromatic rings. The van der Waals surface area contributed by atoms with Crippen molar-refractivity contribution >= 4 is 35.0 Å². The van der Waals surface area contributed by atoms with E-state index in [0.29, 0.717) is 4.90 Å². The maximum absolute atomic E-state index is 13.1. The molecule has 0 aromatic heterocycles. The second kappa shape index (κ2) is 9.30. The largest absolute Gasteiger partial charge is 0.322 e. The van der Waals surface area contributed by atoms with E-state index in [4.69, 9.17) is 0 Å². The first-order valence-corrected chi connectivity index (χ1v) is 9.10. The van der Waals surface area contributed by atoms with Crippen LogP contribution in [0.2, 0.25) is 0 Å². The summed E-state index contributed by atoms with van der Waals surface area (Å²) in [4.78, 5) is 25.7. The zero-order valence-electron chi connectivity index (χ0n) is 14.4. The molecule has 2 rings (SSSR count). The van der Waals surface area contributed by atoms with Gasteiger partial charge < -0.3 is 15.5 Å². The van der Waals surface area contributed by atoms with Gasteiger partial charge in [-0.2, -0.15) is 0 Å². The second-order valence-electron chi connectivity index (χ2n) is 5.74. The third kappa shape index (κ3) is 5.82. The number of thioether (sulfide) groups is 1. The van der Waals surface area contributed by atoms with Crippen molar-refractivity contribution in [3.63, 3.8) is 0 Å². The monoisotopic (exact) mass is 380 g/mol. The summed E-state index contributed by atoms with van der Waals surface area (Å²) < 4.78 is 26.0. The first-order chi connectivity index (χ1) is 12.4. The van der Waals surface area contributed by atoms with Gasteiger partial charge in [0.15, 0.2) is 24.7 Å². The van der Waals surface area contributed by atoms with Crippen LogP contribution in [0.3, 0.4) is 0 Å². The third-order valence-corrected chi connectivity index (χ3v) is 4.30. The summed E-state index contributed by atoms with van der Waals surface area (Å²) in [5.74, 6) is -2.63. The molecule has 0 fully saturated rings. The molecule has 26 heavy (non-hydrogen) atoms. The summed E-state index contributed by atoms with van der Waals surface area (Å²) in [5, 5.41) is 5.31.